The Morgan fingerprint density at radius 2 is 1.77 bits per heavy atom. The van der Waals surface area contributed by atoms with Crippen molar-refractivity contribution in [1.82, 2.24) is 14.4 Å². The van der Waals surface area contributed by atoms with Crippen molar-refractivity contribution in [3.05, 3.63) is 23.0 Å². The van der Waals surface area contributed by atoms with Crippen LogP contribution in [-0.4, -0.2) is 50.6 Å². The maximum Gasteiger partial charge on any atom is 0.334 e. The van der Waals surface area contributed by atoms with E-state index in [1.807, 2.05) is 32.4 Å². The first-order chi connectivity index (χ1) is 12.2. The lowest BCUT2D eigenvalue weighted by Crippen LogP contribution is -2.46. The largest absolute Gasteiger partial charge is 0.351 e. The van der Waals surface area contributed by atoms with Crippen molar-refractivity contribution >= 4 is 23.6 Å². The summed E-state index contributed by atoms with van der Waals surface area (Å²) >= 11 is 0. The van der Waals surface area contributed by atoms with Gasteiger partial charge in [-0.3, -0.25) is 19.3 Å². The first-order valence-corrected chi connectivity index (χ1v) is 9.09. The second-order valence-corrected chi connectivity index (χ2v) is 7.45. The number of carbonyl (C=O) groups is 4. The summed E-state index contributed by atoms with van der Waals surface area (Å²) in [6, 6.07) is 0.830. The molecule has 1 aromatic rings. The van der Waals surface area contributed by atoms with Crippen LogP contribution in [0.1, 0.15) is 54.4 Å². The number of carbonyl (C=O) groups excluding carboxylic acids is 4. The third-order valence-corrected chi connectivity index (χ3v) is 5.86. The van der Waals surface area contributed by atoms with Crippen LogP contribution in [0.3, 0.4) is 0 Å². The van der Waals surface area contributed by atoms with Crippen molar-refractivity contribution in [2.24, 2.45) is 13.0 Å². The average molecular weight is 359 g/mol. The Balaban J connectivity index is 1.81. The van der Waals surface area contributed by atoms with Crippen LogP contribution in [0.2, 0.25) is 0 Å². The number of ketones is 1. The normalized spacial score (nSPS) is 23.9. The van der Waals surface area contributed by atoms with E-state index in [-0.39, 0.29) is 17.7 Å². The zero-order valence-corrected chi connectivity index (χ0v) is 15.7. The highest BCUT2D eigenvalue weighted by Gasteiger charge is 2.49. The SMILES string of the molecule is Cc1cc(C(=O)CN2C(=O)C(=O)N([C@H]3CCCC[C@@H]3C)C2=O)c(C)n1C. The van der Waals surface area contributed by atoms with Gasteiger partial charge in [0.05, 0.1) is 6.54 Å². The predicted molar refractivity (Wildman–Crippen MR) is 94.6 cm³/mol. The van der Waals surface area contributed by atoms with Crippen LogP contribution >= 0.6 is 0 Å². The molecule has 1 aliphatic carbocycles. The molecule has 4 amide bonds. The monoisotopic (exact) mass is 359 g/mol. The van der Waals surface area contributed by atoms with E-state index >= 15 is 0 Å². The molecule has 0 N–H and O–H groups in total. The van der Waals surface area contributed by atoms with E-state index < -0.39 is 24.4 Å². The summed E-state index contributed by atoms with van der Waals surface area (Å²) in [4.78, 5) is 52.0. The van der Waals surface area contributed by atoms with E-state index in [4.69, 9.17) is 0 Å². The van der Waals surface area contributed by atoms with Crippen molar-refractivity contribution in [3.8, 4) is 0 Å². The van der Waals surface area contributed by atoms with Crippen LogP contribution in [0.5, 0.6) is 0 Å². The van der Waals surface area contributed by atoms with Gasteiger partial charge in [0.1, 0.15) is 0 Å². The Kier molecular flexibility index (Phi) is 4.73. The van der Waals surface area contributed by atoms with Gasteiger partial charge in [-0.1, -0.05) is 19.8 Å². The maximum atomic E-state index is 12.7. The first kappa shape index (κ1) is 18.4. The summed E-state index contributed by atoms with van der Waals surface area (Å²) in [5.74, 6) is -1.87. The van der Waals surface area contributed by atoms with Crippen molar-refractivity contribution < 1.29 is 19.2 Å². The number of imide groups is 2. The van der Waals surface area contributed by atoms with E-state index in [9.17, 15) is 19.2 Å². The summed E-state index contributed by atoms with van der Waals surface area (Å²) < 4.78 is 1.88. The molecule has 2 fully saturated rings. The second kappa shape index (κ2) is 6.70. The van der Waals surface area contributed by atoms with Crippen LogP contribution in [0.4, 0.5) is 4.79 Å². The Labute approximate surface area is 152 Å². The average Bonchev–Trinajstić information content (AvgIpc) is 2.98. The number of aromatic nitrogens is 1. The number of urea groups is 1. The summed E-state index contributed by atoms with van der Waals surface area (Å²) in [5, 5.41) is 0. The zero-order chi connectivity index (χ0) is 19.2. The molecule has 140 valence electrons. The minimum atomic E-state index is -0.897. The number of rotatable bonds is 4. The molecule has 2 heterocycles. The van der Waals surface area contributed by atoms with Crippen molar-refractivity contribution in [1.29, 1.82) is 0 Å². The number of hydrogen-bond donors (Lipinski definition) is 0. The molecule has 0 bridgehead atoms. The zero-order valence-electron chi connectivity index (χ0n) is 15.7. The van der Waals surface area contributed by atoms with Crippen LogP contribution < -0.4 is 0 Å². The van der Waals surface area contributed by atoms with Crippen molar-refractivity contribution in [2.75, 3.05) is 6.54 Å². The lowest BCUT2D eigenvalue weighted by atomic mass is 9.85. The fourth-order valence-corrected chi connectivity index (χ4v) is 4.00. The highest BCUT2D eigenvalue weighted by Crippen LogP contribution is 2.31. The highest BCUT2D eigenvalue weighted by molar-refractivity contribution is 6.45. The maximum absolute atomic E-state index is 12.7. The molecule has 0 spiro atoms. The number of nitrogens with zero attached hydrogens (tertiary/aromatic N) is 3. The number of aryl methyl sites for hydroxylation is 1. The minimum absolute atomic E-state index is 0.166. The first-order valence-electron chi connectivity index (χ1n) is 9.09. The molecule has 2 aliphatic rings. The highest BCUT2D eigenvalue weighted by atomic mass is 16.2. The van der Waals surface area contributed by atoms with Crippen LogP contribution in [0.25, 0.3) is 0 Å². The molecule has 0 aromatic carbocycles. The third-order valence-electron chi connectivity index (χ3n) is 5.86. The molecule has 1 aromatic heterocycles. The molecule has 3 rings (SSSR count). The van der Waals surface area contributed by atoms with E-state index in [0.29, 0.717) is 12.0 Å². The fourth-order valence-electron chi connectivity index (χ4n) is 4.00. The Morgan fingerprint density at radius 3 is 2.35 bits per heavy atom. The predicted octanol–water partition coefficient (Wildman–Crippen LogP) is 2.19. The molecule has 2 atom stereocenters. The molecular formula is C19H25N3O4. The van der Waals surface area contributed by atoms with Gasteiger partial charge in [-0.2, -0.15) is 0 Å². The third kappa shape index (κ3) is 2.85. The van der Waals surface area contributed by atoms with Crippen LogP contribution in [0.15, 0.2) is 6.07 Å². The molecule has 7 heteroatoms. The summed E-state index contributed by atoms with van der Waals surface area (Å²) in [6.07, 6.45) is 3.64. The van der Waals surface area contributed by atoms with Crippen LogP contribution in [0, 0.1) is 19.8 Å². The molecule has 0 unspecified atom stereocenters. The van der Waals surface area contributed by atoms with Gasteiger partial charge in [0, 0.05) is 30.0 Å². The fraction of sp³-hybridized carbons (Fsp3) is 0.579. The van der Waals surface area contributed by atoms with Gasteiger partial charge < -0.3 is 4.57 Å². The minimum Gasteiger partial charge on any atom is -0.351 e. The van der Waals surface area contributed by atoms with Gasteiger partial charge in [0.15, 0.2) is 5.78 Å². The Hall–Kier alpha value is -2.44. The number of hydrogen-bond acceptors (Lipinski definition) is 4. The standard InChI is InChI=1S/C19H25N3O4/c1-11-7-5-6-8-15(11)22-18(25)17(24)21(19(22)26)10-16(23)14-9-12(2)20(4)13(14)3/h9,11,15H,5-8,10H2,1-4H3/t11-,15-/m0/s1. The van der Waals surface area contributed by atoms with Gasteiger partial charge in [-0.15, -0.1) is 0 Å². The number of amides is 4. The van der Waals surface area contributed by atoms with Crippen molar-refractivity contribution in [3.63, 3.8) is 0 Å². The topological polar surface area (TPSA) is 79.7 Å². The summed E-state index contributed by atoms with van der Waals surface area (Å²) in [6.45, 7) is 5.30. The van der Waals surface area contributed by atoms with Crippen molar-refractivity contribution in [2.45, 2.75) is 52.5 Å². The Morgan fingerprint density at radius 1 is 1.12 bits per heavy atom. The smallest absolute Gasteiger partial charge is 0.334 e. The molecule has 1 aliphatic heterocycles. The molecule has 1 saturated heterocycles. The van der Waals surface area contributed by atoms with Gasteiger partial charge in [-0.05, 0) is 38.7 Å². The Bertz CT molecular complexity index is 795. The number of Topliss-reactive ketones (excluding diaryl/α,β-unsaturated/α-hetero) is 1. The van der Waals surface area contributed by atoms with E-state index in [2.05, 4.69) is 0 Å². The molecule has 0 radical (unpaired) electrons. The summed E-state index contributed by atoms with van der Waals surface area (Å²) in [7, 11) is 1.85. The quantitative estimate of drug-likeness (QED) is 0.469. The van der Waals surface area contributed by atoms with E-state index in [1.54, 1.807) is 6.07 Å². The lowest BCUT2D eigenvalue weighted by Gasteiger charge is -2.34. The lowest BCUT2D eigenvalue weighted by molar-refractivity contribution is -0.144. The van der Waals surface area contributed by atoms with Gasteiger partial charge in [-0.25, -0.2) is 9.69 Å². The molecule has 26 heavy (non-hydrogen) atoms. The molecule has 7 nitrogen and oxygen atoms in total. The summed E-state index contributed by atoms with van der Waals surface area (Å²) in [5.41, 5.74) is 2.16. The second-order valence-electron chi connectivity index (χ2n) is 7.45. The van der Waals surface area contributed by atoms with Gasteiger partial charge >= 0.3 is 17.8 Å². The molecule has 1 saturated carbocycles. The van der Waals surface area contributed by atoms with E-state index in [0.717, 1.165) is 40.5 Å². The van der Waals surface area contributed by atoms with Gasteiger partial charge in [0.25, 0.3) is 0 Å². The van der Waals surface area contributed by atoms with Crippen LogP contribution in [-0.2, 0) is 16.6 Å². The van der Waals surface area contributed by atoms with Gasteiger partial charge in [0.2, 0.25) is 0 Å². The molecular weight excluding hydrogens is 334 g/mol. The van der Waals surface area contributed by atoms with E-state index in [1.165, 1.54) is 0 Å².